The Balaban J connectivity index is 2.07. The maximum Gasteiger partial charge on any atom is 0.222 e. The molecule has 0 fully saturated rings. The van der Waals surface area contributed by atoms with Gasteiger partial charge in [-0.3, -0.25) is 0 Å². The van der Waals surface area contributed by atoms with Crippen LogP contribution < -0.4 is 0 Å². The molecule has 4 heteroatoms. The molecule has 0 radical (unpaired) electrons. The minimum atomic E-state index is -0.214. The molecule has 0 bridgehead atoms. The number of rotatable bonds is 1. The van der Waals surface area contributed by atoms with Crippen LogP contribution in [-0.2, 0) is 6.42 Å². The fraction of sp³-hybridized carbons (Fsp3) is 0.286. The quantitative estimate of drug-likeness (QED) is 0.733. The third-order valence-corrected chi connectivity index (χ3v) is 3.67. The first kappa shape index (κ1) is 11.6. The molecule has 0 amide bonds. The molecule has 0 N–H and O–H groups in total. The van der Waals surface area contributed by atoms with E-state index in [0.29, 0.717) is 5.28 Å². The van der Waals surface area contributed by atoms with Crippen molar-refractivity contribution in [1.82, 2.24) is 9.97 Å². The van der Waals surface area contributed by atoms with E-state index in [1.807, 2.05) is 19.1 Å². The van der Waals surface area contributed by atoms with Crippen molar-refractivity contribution in [3.05, 3.63) is 57.9 Å². The molecule has 1 aromatic heterocycles. The fourth-order valence-electron chi connectivity index (χ4n) is 2.63. The summed E-state index contributed by atoms with van der Waals surface area (Å²) in [6, 6.07) is 6.62. The highest BCUT2D eigenvalue weighted by atomic mass is 35.5. The smallest absolute Gasteiger partial charge is 0.222 e. The fourth-order valence-corrected chi connectivity index (χ4v) is 2.84. The van der Waals surface area contributed by atoms with E-state index in [0.717, 1.165) is 29.8 Å². The molecule has 0 aliphatic heterocycles. The number of fused-ring (bicyclic) bond motifs is 1. The number of aryl methyl sites for hydroxylation is 1. The lowest BCUT2D eigenvalue weighted by molar-refractivity contribution is 0.625. The zero-order valence-electron chi connectivity index (χ0n) is 9.95. The summed E-state index contributed by atoms with van der Waals surface area (Å²) in [5, 5.41) is 0.292. The lowest BCUT2D eigenvalue weighted by Gasteiger charge is -2.11. The van der Waals surface area contributed by atoms with Crippen LogP contribution in [0.25, 0.3) is 0 Å². The highest BCUT2D eigenvalue weighted by Crippen LogP contribution is 2.38. The number of nitrogens with zero attached hydrogens (tertiary/aromatic N) is 2. The monoisotopic (exact) mass is 262 g/mol. The average molecular weight is 263 g/mol. The minimum absolute atomic E-state index is 0.208. The Labute approximate surface area is 110 Å². The number of hydrogen-bond acceptors (Lipinski definition) is 2. The molecule has 2 aromatic rings. The van der Waals surface area contributed by atoms with Gasteiger partial charge in [0.15, 0.2) is 0 Å². The second-order valence-electron chi connectivity index (χ2n) is 4.58. The minimum Gasteiger partial charge on any atom is -0.223 e. The number of aromatic nitrogens is 2. The summed E-state index contributed by atoms with van der Waals surface area (Å²) in [6.07, 6.45) is 1.94. The number of hydrogen-bond donors (Lipinski definition) is 0. The zero-order valence-corrected chi connectivity index (χ0v) is 10.7. The van der Waals surface area contributed by atoms with Crippen LogP contribution in [0.2, 0.25) is 5.28 Å². The van der Waals surface area contributed by atoms with Gasteiger partial charge in [0.25, 0.3) is 0 Å². The van der Waals surface area contributed by atoms with E-state index in [4.69, 9.17) is 11.6 Å². The molecule has 1 atom stereocenters. The normalized spacial score (nSPS) is 17.8. The second-order valence-corrected chi connectivity index (χ2v) is 4.92. The lowest BCUT2D eigenvalue weighted by Crippen LogP contribution is -2.02. The van der Waals surface area contributed by atoms with Crippen LogP contribution in [0.3, 0.4) is 0 Å². The third-order valence-electron chi connectivity index (χ3n) is 3.50. The maximum atomic E-state index is 13.0. The van der Waals surface area contributed by atoms with Crippen LogP contribution in [0.1, 0.15) is 34.9 Å². The van der Waals surface area contributed by atoms with Crippen LogP contribution in [-0.4, -0.2) is 9.97 Å². The van der Waals surface area contributed by atoms with Gasteiger partial charge in [-0.2, -0.15) is 0 Å². The van der Waals surface area contributed by atoms with E-state index in [9.17, 15) is 4.39 Å². The Morgan fingerprint density at radius 3 is 2.67 bits per heavy atom. The van der Waals surface area contributed by atoms with E-state index in [1.54, 1.807) is 0 Å². The van der Waals surface area contributed by atoms with Gasteiger partial charge < -0.3 is 0 Å². The van der Waals surface area contributed by atoms with Gasteiger partial charge in [-0.05, 0) is 54.6 Å². The first-order valence-electron chi connectivity index (χ1n) is 5.93. The first-order valence-corrected chi connectivity index (χ1v) is 6.31. The van der Waals surface area contributed by atoms with Crippen molar-refractivity contribution in [2.45, 2.75) is 25.7 Å². The average Bonchev–Trinajstić information content (AvgIpc) is 2.74. The van der Waals surface area contributed by atoms with Gasteiger partial charge in [0.05, 0.1) is 5.69 Å². The SMILES string of the molecule is Cc1nc(Cl)nc2c1CCC2c1ccc(F)cc1. The van der Waals surface area contributed by atoms with Crippen molar-refractivity contribution in [2.75, 3.05) is 0 Å². The van der Waals surface area contributed by atoms with Crippen LogP contribution in [0, 0.1) is 12.7 Å². The Kier molecular flexibility index (Phi) is 2.78. The van der Waals surface area contributed by atoms with Crippen LogP contribution in [0.5, 0.6) is 0 Å². The summed E-state index contributed by atoms with van der Waals surface area (Å²) in [7, 11) is 0. The molecule has 3 rings (SSSR count). The maximum absolute atomic E-state index is 13.0. The van der Waals surface area contributed by atoms with E-state index >= 15 is 0 Å². The molecular formula is C14H12ClFN2. The molecule has 2 nitrogen and oxygen atoms in total. The van der Waals surface area contributed by atoms with Crippen LogP contribution >= 0.6 is 11.6 Å². The van der Waals surface area contributed by atoms with Crippen LogP contribution in [0.15, 0.2) is 24.3 Å². The molecule has 0 saturated carbocycles. The molecular weight excluding hydrogens is 251 g/mol. The lowest BCUT2D eigenvalue weighted by atomic mass is 9.96. The van der Waals surface area contributed by atoms with Gasteiger partial charge in [-0.25, -0.2) is 14.4 Å². The summed E-state index contributed by atoms with van der Waals surface area (Å²) in [5.74, 6) is -0.00586. The van der Waals surface area contributed by atoms with Crippen molar-refractivity contribution in [2.24, 2.45) is 0 Å². The van der Waals surface area contributed by atoms with Gasteiger partial charge in [-0.1, -0.05) is 12.1 Å². The van der Waals surface area contributed by atoms with E-state index in [1.165, 1.54) is 17.7 Å². The van der Waals surface area contributed by atoms with Gasteiger partial charge in [0.1, 0.15) is 5.82 Å². The van der Waals surface area contributed by atoms with E-state index in [2.05, 4.69) is 9.97 Å². The number of halogens is 2. The predicted molar refractivity (Wildman–Crippen MR) is 68.3 cm³/mol. The van der Waals surface area contributed by atoms with Crippen molar-refractivity contribution in [3.63, 3.8) is 0 Å². The van der Waals surface area contributed by atoms with E-state index in [-0.39, 0.29) is 11.7 Å². The van der Waals surface area contributed by atoms with E-state index < -0.39 is 0 Å². The molecule has 1 heterocycles. The first-order chi connectivity index (χ1) is 8.65. The standard InChI is InChI=1S/C14H12ClFN2/c1-8-11-6-7-12(13(11)18-14(15)17-8)9-2-4-10(16)5-3-9/h2-5,12H,6-7H2,1H3. The largest absolute Gasteiger partial charge is 0.223 e. The van der Waals surface area contributed by atoms with Gasteiger partial charge in [-0.15, -0.1) is 0 Å². The van der Waals surface area contributed by atoms with Crippen molar-refractivity contribution in [1.29, 1.82) is 0 Å². The van der Waals surface area contributed by atoms with Gasteiger partial charge in [0.2, 0.25) is 5.28 Å². The number of benzene rings is 1. The van der Waals surface area contributed by atoms with Crippen molar-refractivity contribution >= 4 is 11.6 Å². The van der Waals surface area contributed by atoms with Crippen molar-refractivity contribution in [3.8, 4) is 0 Å². The summed E-state index contributed by atoms with van der Waals surface area (Å²) >= 11 is 5.92. The molecule has 18 heavy (non-hydrogen) atoms. The molecule has 1 aliphatic carbocycles. The Morgan fingerprint density at radius 1 is 1.22 bits per heavy atom. The highest BCUT2D eigenvalue weighted by Gasteiger charge is 2.27. The third kappa shape index (κ3) is 1.89. The molecule has 1 aromatic carbocycles. The van der Waals surface area contributed by atoms with Crippen LogP contribution in [0.4, 0.5) is 4.39 Å². The highest BCUT2D eigenvalue weighted by molar-refractivity contribution is 6.28. The summed E-state index contributed by atoms with van der Waals surface area (Å²) < 4.78 is 13.0. The summed E-state index contributed by atoms with van der Waals surface area (Å²) in [6.45, 7) is 1.96. The summed E-state index contributed by atoms with van der Waals surface area (Å²) in [5.41, 5.74) is 4.23. The summed E-state index contributed by atoms with van der Waals surface area (Å²) in [4.78, 5) is 8.54. The topological polar surface area (TPSA) is 25.8 Å². The Hall–Kier alpha value is -1.48. The predicted octanol–water partition coefficient (Wildman–Crippen LogP) is 3.66. The van der Waals surface area contributed by atoms with Gasteiger partial charge >= 0.3 is 0 Å². The van der Waals surface area contributed by atoms with Gasteiger partial charge in [0, 0.05) is 11.6 Å². The molecule has 0 saturated heterocycles. The molecule has 0 spiro atoms. The van der Waals surface area contributed by atoms with Crippen molar-refractivity contribution < 1.29 is 4.39 Å². The molecule has 92 valence electrons. The molecule has 1 aliphatic rings. The Morgan fingerprint density at radius 2 is 1.94 bits per heavy atom. The zero-order chi connectivity index (χ0) is 12.7. The second kappa shape index (κ2) is 4.32. The molecule has 1 unspecified atom stereocenters. The Bertz CT molecular complexity index is 595.